The summed E-state index contributed by atoms with van der Waals surface area (Å²) in [5, 5.41) is 6.09. The van der Waals surface area contributed by atoms with E-state index in [4.69, 9.17) is 10.5 Å². The molecule has 2 rings (SSSR count). The number of fused-ring (bicyclic) bond motifs is 1. The minimum absolute atomic E-state index is 0.140. The summed E-state index contributed by atoms with van der Waals surface area (Å²) in [5.74, 6) is 0.658. The summed E-state index contributed by atoms with van der Waals surface area (Å²) in [6.45, 7) is 4.57. The summed E-state index contributed by atoms with van der Waals surface area (Å²) in [7, 11) is 1.81. The van der Waals surface area contributed by atoms with Gasteiger partial charge in [0.2, 0.25) is 5.96 Å². The van der Waals surface area contributed by atoms with Crippen LogP contribution in [0.15, 0.2) is 15.1 Å². The fraction of sp³-hybridized carbons (Fsp3) is 0.667. The van der Waals surface area contributed by atoms with Crippen molar-refractivity contribution in [3.05, 3.63) is 0 Å². The molecule has 2 heterocycles. The standard InChI is InChI=1S/C12H19N5O2/c1-4-19-11(18)7(2)9-5-8-6-14-12(13)15-10(8)17(3)16-9/h7-8H,4-6H2,1-3H3,(H2,13,14). The number of amidine groups is 1. The summed E-state index contributed by atoms with van der Waals surface area (Å²) in [5.41, 5.74) is 6.41. The maximum absolute atomic E-state index is 11.8. The zero-order chi connectivity index (χ0) is 14.0. The predicted molar refractivity (Wildman–Crippen MR) is 73.0 cm³/mol. The van der Waals surface area contributed by atoms with E-state index in [9.17, 15) is 4.79 Å². The molecule has 0 fully saturated rings. The third kappa shape index (κ3) is 2.74. The topological polar surface area (TPSA) is 92.6 Å². The number of hydrogen-bond acceptors (Lipinski definition) is 7. The maximum atomic E-state index is 11.8. The van der Waals surface area contributed by atoms with Crippen LogP contribution in [0.25, 0.3) is 0 Å². The summed E-state index contributed by atoms with van der Waals surface area (Å²) < 4.78 is 5.03. The molecule has 0 aromatic heterocycles. The van der Waals surface area contributed by atoms with E-state index in [1.807, 2.05) is 14.0 Å². The molecule has 0 saturated carbocycles. The molecule has 2 aliphatic heterocycles. The number of hydrazone groups is 1. The molecule has 0 aliphatic carbocycles. The highest BCUT2D eigenvalue weighted by Gasteiger charge is 2.33. The monoisotopic (exact) mass is 265 g/mol. The van der Waals surface area contributed by atoms with Gasteiger partial charge in [0.25, 0.3) is 0 Å². The SMILES string of the molecule is CCOC(=O)C(C)C1=NN(C)C2=NC(N)=NCC2C1. The number of carbonyl (C=O) groups excluding carboxylic acids is 1. The number of nitrogens with zero attached hydrogens (tertiary/aromatic N) is 4. The van der Waals surface area contributed by atoms with E-state index >= 15 is 0 Å². The van der Waals surface area contributed by atoms with Crippen molar-refractivity contribution >= 4 is 23.5 Å². The highest BCUT2D eigenvalue weighted by molar-refractivity contribution is 6.08. The van der Waals surface area contributed by atoms with Gasteiger partial charge in [0.15, 0.2) is 0 Å². The van der Waals surface area contributed by atoms with Gasteiger partial charge in [-0.25, -0.2) is 0 Å². The van der Waals surface area contributed by atoms with E-state index in [0.717, 1.165) is 11.5 Å². The number of rotatable bonds is 3. The molecule has 19 heavy (non-hydrogen) atoms. The third-order valence-corrected chi connectivity index (χ3v) is 3.27. The Morgan fingerprint density at radius 1 is 1.63 bits per heavy atom. The first-order valence-corrected chi connectivity index (χ1v) is 6.39. The average Bonchev–Trinajstić information content (AvgIpc) is 2.38. The number of guanidine groups is 1. The van der Waals surface area contributed by atoms with E-state index < -0.39 is 0 Å². The third-order valence-electron chi connectivity index (χ3n) is 3.27. The first-order chi connectivity index (χ1) is 9.02. The molecule has 0 aromatic rings. The highest BCUT2D eigenvalue weighted by atomic mass is 16.5. The van der Waals surface area contributed by atoms with Gasteiger partial charge in [0, 0.05) is 19.4 Å². The molecule has 0 spiro atoms. The number of ether oxygens (including phenoxy) is 1. The van der Waals surface area contributed by atoms with E-state index in [2.05, 4.69) is 15.1 Å². The molecule has 7 heteroatoms. The van der Waals surface area contributed by atoms with Crippen LogP contribution in [0.5, 0.6) is 0 Å². The van der Waals surface area contributed by atoms with Crippen LogP contribution in [0.4, 0.5) is 0 Å². The average molecular weight is 265 g/mol. The van der Waals surface area contributed by atoms with Gasteiger partial charge in [-0.15, -0.1) is 0 Å². The van der Waals surface area contributed by atoms with Gasteiger partial charge >= 0.3 is 5.97 Å². The highest BCUT2D eigenvalue weighted by Crippen LogP contribution is 2.23. The van der Waals surface area contributed by atoms with Gasteiger partial charge in [0.05, 0.1) is 24.8 Å². The lowest BCUT2D eigenvalue weighted by Gasteiger charge is -2.32. The Morgan fingerprint density at radius 3 is 3.05 bits per heavy atom. The van der Waals surface area contributed by atoms with Gasteiger partial charge in [-0.05, 0) is 13.8 Å². The molecule has 2 N–H and O–H groups in total. The van der Waals surface area contributed by atoms with Crippen molar-refractivity contribution in [1.82, 2.24) is 5.01 Å². The first kappa shape index (κ1) is 13.5. The van der Waals surface area contributed by atoms with E-state index in [-0.39, 0.29) is 23.8 Å². The predicted octanol–water partition coefficient (Wildman–Crippen LogP) is 0.220. The maximum Gasteiger partial charge on any atom is 0.314 e. The smallest absolute Gasteiger partial charge is 0.314 e. The Morgan fingerprint density at radius 2 is 2.37 bits per heavy atom. The zero-order valence-electron chi connectivity index (χ0n) is 11.5. The van der Waals surface area contributed by atoms with Crippen molar-refractivity contribution in [2.75, 3.05) is 20.2 Å². The quantitative estimate of drug-likeness (QED) is 0.739. The van der Waals surface area contributed by atoms with Crippen LogP contribution in [0.2, 0.25) is 0 Å². The lowest BCUT2D eigenvalue weighted by molar-refractivity contribution is -0.145. The van der Waals surface area contributed by atoms with Crippen molar-refractivity contribution in [1.29, 1.82) is 0 Å². The van der Waals surface area contributed by atoms with Gasteiger partial charge < -0.3 is 10.5 Å². The van der Waals surface area contributed by atoms with Gasteiger partial charge in [0.1, 0.15) is 5.84 Å². The van der Waals surface area contributed by atoms with Gasteiger partial charge in [-0.1, -0.05) is 0 Å². The second-order valence-corrected chi connectivity index (χ2v) is 4.66. The van der Waals surface area contributed by atoms with E-state index in [0.29, 0.717) is 19.6 Å². The number of aliphatic imine (C=N–C) groups is 2. The molecular formula is C12H19N5O2. The molecule has 0 radical (unpaired) electrons. The lowest BCUT2D eigenvalue weighted by Crippen LogP contribution is -2.43. The van der Waals surface area contributed by atoms with Crippen molar-refractivity contribution in [2.45, 2.75) is 20.3 Å². The summed E-state index contributed by atoms with van der Waals surface area (Å²) >= 11 is 0. The Hall–Kier alpha value is -1.92. The van der Waals surface area contributed by atoms with Crippen LogP contribution in [-0.2, 0) is 9.53 Å². The zero-order valence-corrected chi connectivity index (χ0v) is 11.5. The van der Waals surface area contributed by atoms with Crippen molar-refractivity contribution in [2.24, 2.45) is 32.7 Å². The number of hydrogen-bond donors (Lipinski definition) is 1. The van der Waals surface area contributed by atoms with Crippen LogP contribution in [0, 0.1) is 11.8 Å². The molecule has 0 amide bonds. The van der Waals surface area contributed by atoms with Gasteiger partial charge in [-0.3, -0.25) is 14.8 Å². The Labute approximate surface area is 112 Å². The molecule has 0 saturated heterocycles. The molecule has 2 aliphatic rings. The fourth-order valence-electron chi connectivity index (χ4n) is 2.23. The Balaban J connectivity index is 2.16. The molecular weight excluding hydrogens is 246 g/mol. The van der Waals surface area contributed by atoms with Crippen LogP contribution in [0.1, 0.15) is 20.3 Å². The van der Waals surface area contributed by atoms with Crippen molar-refractivity contribution in [3.8, 4) is 0 Å². The minimum atomic E-state index is -0.341. The van der Waals surface area contributed by atoms with Crippen molar-refractivity contribution < 1.29 is 9.53 Å². The molecule has 2 atom stereocenters. The van der Waals surface area contributed by atoms with Crippen LogP contribution in [-0.4, -0.2) is 48.7 Å². The largest absolute Gasteiger partial charge is 0.465 e. The van der Waals surface area contributed by atoms with Crippen molar-refractivity contribution in [3.63, 3.8) is 0 Å². The second-order valence-electron chi connectivity index (χ2n) is 4.66. The van der Waals surface area contributed by atoms with E-state index in [1.165, 1.54) is 0 Å². The number of carbonyl (C=O) groups is 1. The second kappa shape index (κ2) is 5.38. The normalized spacial score (nSPS) is 23.8. The number of nitrogens with two attached hydrogens (primary N) is 1. The summed E-state index contributed by atoms with van der Waals surface area (Å²) in [6.07, 6.45) is 0.667. The van der Waals surface area contributed by atoms with Crippen LogP contribution in [0.3, 0.4) is 0 Å². The minimum Gasteiger partial charge on any atom is -0.465 e. The summed E-state index contributed by atoms with van der Waals surface area (Å²) in [4.78, 5) is 20.1. The molecule has 0 aromatic carbocycles. The first-order valence-electron chi connectivity index (χ1n) is 6.39. The Kier molecular flexibility index (Phi) is 3.82. The molecule has 7 nitrogen and oxygen atoms in total. The molecule has 0 bridgehead atoms. The van der Waals surface area contributed by atoms with Crippen LogP contribution < -0.4 is 5.73 Å². The molecule has 2 unspecified atom stereocenters. The fourth-order valence-corrected chi connectivity index (χ4v) is 2.23. The summed E-state index contributed by atoms with van der Waals surface area (Å²) in [6, 6.07) is 0. The van der Waals surface area contributed by atoms with E-state index in [1.54, 1.807) is 11.9 Å². The number of esters is 1. The van der Waals surface area contributed by atoms with Crippen LogP contribution >= 0.6 is 0 Å². The molecule has 104 valence electrons. The van der Waals surface area contributed by atoms with Gasteiger partial charge in [-0.2, -0.15) is 10.1 Å². The Bertz CT molecular complexity index is 469. The lowest BCUT2D eigenvalue weighted by atomic mass is 9.91.